The van der Waals surface area contributed by atoms with Crippen LogP contribution in [-0.2, 0) is 4.57 Å². The SMILES string of the molecule is C=CCCC/C=C\CCCCCCCCCCC(CC)([P+](=O)[O-])[N+](C)(C)C. The van der Waals surface area contributed by atoms with Gasteiger partial charge in [0.25, 0.3) is 5.28 Å². The first-order chi connectivity index (χ1) is 12.8. The Labute approximate surface area is 170 Å². The minimum absolute atomic E-state index is 0.505. The minimum Gasteiger partial charge on any atom is -0.590 e. The molecule has 2 atom stereocenters. The van der Waals surface area contributed by atoms with Crippen LogP contribution >= 0.6 is 8.03 Å². The van der Waals surface area contributed by atoms with E-state index >= 15 is 0 Å². The van der Waals surface area contributed by atoms with E-state index in [1.807, 2.05) is 34.1 Å². The molecule has 0 aromatic carbocycles. The highest BCUT2D eigenvalue weighted by molar-refractivity contribution is 7.38. The molecule has 0 saturated heterocycles. The van der Waals surface area contributed by atoms with Gasteiger partial charge < -0.3 is 4.89 Å². The monoisotopic (exact) mass is 398 g/mol. The van der Waals surface area contributed by atoms with Gasteiger partial charge in [-0.05, 0) is 38.5 Å². The fraction of sp³-hybridized carbons (Fsp3) is 0.826. The molecule has 0 N–H and O–H groups in total. The molecule has 0 amide bonds. The third-order valence-electron chi connectivity index (χ3n) is 5.80. The number of allylic oxidation sites excluding steroid dienone is 3. The summed E-state index contributed by atoms with van der Waals surface area (Å²) in [5.41, 5.74) is 0. The maximum atomic E-state index is 11.9. The molecule has 0 aromatic heterocycles. The summed E-state index contributed by atoms with van der Waals surface area (Å²) in [6.07, 6.45) is 22.8. The van der Waals surface area contributed by atoms with E-state index in [9.17, 15) is 9.46 Å². The van der Waals surface area contributed by atoms with Crippen LogP contribution in [0.25, 0.3) is 0 Å². The summed E-state index contributed by atoms with van der Waals surface area (Å²) in [5.74, 6) is 0. The summed E-state index contributed by atoms with van der Waals surface area (Å²) in [4.78, 5) is 11.9. The zero-order valence-electron chi connectivity index (χ0n) is 18.5. The highest BCUT2D eigenvalue weighted by Crippen LogP contribution is 2.44. The van der Waals surface area contributed by atoms with Crippen molar-refractivity contribution in [2.24, 2.45) is 0 Å². The van der Waals surface area contributed by atoms with Gasteiger partial charge in [0.15, 0.2) is 0 Å². The van der Waals surface area contributed by atoms with Crippen LogP contribution in [0, 0.1) is 0 Å². The van der Waals surface area contributed by atoms with E-state index in [0.29, 0.717) is 10.9 Å². The summed E-state index contributed by atoms with van der Waals surface area (Å²) >= 11 is 0. The largest absolute Gasteiger partial charge is 0.590 e. The van der Waals surface area contributed by atoms with E-state index in [1.165, 1.54) is 57.8 Å². The predicted octanol–water partition coefficient (Wildman–Crippen LogP) is 6.72. The highest BCUT2D eigenvalue weighted by Gasteiger charge is 2.52. The molecule has 0 radical (unpaired) electrons. The van der Waals surface area contributed by atoms with E-state index in [4.69, 9.17) is 0 Å². The summed E-state index contributed by atoms with van der Waals surface area (Å²) in [6, 6.07) is 0. The average Bonchev–Trinajstić information content (AvgIpc) is 2.60. The van der Waals surface area contributed by atoms with E-state index in [0.717, 1.165) is 25.7 Å². The second kappa shape index (κ2) is 15.4. The molecule has 4 heteroatoms. The number of rotatable bonds is 18. The number of nitrogens with zero attached hydrogens (tertiary/aromatic N) is 1. The third-order valence-corrected chi connectivity index (χ3v) is 7.62. The standard InChI is InChI=1S/C23H45NO2P/c1-6-8-9-10-11-12-13-14-15-16-17-18-19-20-21-22-23(7-2,27(25)26)24(3,4)5/h6,11-12H,1,7-10,13-22H2,2-5H3/q+1/b12-11-. The Morgan fingerprint density at radius 1 is 0.852 bits per heavy atom. The van der Waals surface area contributed by atoms with Crippen molar-refractivity contribution in [3.8, 4) is 0 Å². The number of hydrogen-bond acceptors (Lipinski definition) is 2. The molecule has 0 aliphatic heterocycles. The topological polar surface area (TPSA) is 40.1 Å². The molecule has 0 bridgehead atoms. The van der Waals surface area contributed by atoms with Gasteiger partial charge in [-0.1, -0.05) is 68.2 Å². The zero-order valence-corrected chi connectivity index (χ0v) is 19.4. The maximum absolute atomic E-state index is 11.9. The Kier molecular flexibility index (Phi) is 15.1. The van der Waals surface area contributed by atoms with Crippen LogP contribution in [-0.4, -0.2) is 30.9 Å². The third kappa shape index (κ3) is 11.2. The quantitative estimate of drug-likeness (QED) is 0.111. The zero-order chi connectivity index (χ0) is 20.6. The van der Waals surface area contributed by atoms with E-state index < -0.39 is 13.3 Å². The van der Waals surface area contributed by atoms with Gasteiger partial charge in [0.05, 0.1) is 21.1 Å². The van der Waals surface area contributed by atoms with Gasteiger partial charge in [0, 0.05) is 12.8 Å². The molecule has 0 aromatic rings. The Balaban J connectivity index is 3.69. The summed E-state index contributed by atoms with van der Waals surface area (Å²) in [7, 11) is 3.60. The Bertz CT molecular complexity index is 429. The van der Waals surface area contributed by atoms with Gasteiger partial charge in [-0.25, -0.2) is 0 Å². The van der Waals surface area contributed by atoms with Gasteiger partial charge >= 0.3 is 8.03 Å². The van der Waals surface area contributed by atoms with Crippen LogP contribution in [0.1, 0.15) is 96.8 Å². The van der Waals surface area contributed by atoms with Gasteiger partial charge in [-0.3, -0.25) is 4.48 Å². The van der Waals surface area contributed by atoms with Crippen molar-refractivity contribution in [1.82, 2.24) is 0 Å². The Hall–Kier alpha value is -0.500. The average molecular weight is 399 g/mol. The van der Waals surface area contributed by atoms with Crippen LogP contribution in [0.15, 0.2) is 24.8 Å². The highest BCUT2D eigenvalue weighted by atomic mass is 31.1. The molecule has 0 aliphatic rings. The number of unbranched alkanes of at least 4 members (excludes halogenated alkanes) is 10. The van der Waals surface area contributed by atoms with Crippen molar-refractivity contribution >= 4 is 8.03 Å². The van der Waals surface area contributed by atoms with Crippen LogP contribution in [0.4, 0.5) is 0 Å². The van der Waals surface area contributed by atoms with Crippen LogP contribution < -0.4 is 4.89 Å². The van der Waals surface area contributed by atoms with Gasteiger partial charge in [-0.2, -0.15) is 0 Å². The lowest BCUT2D eigenvalue weighted by molar-refractivity contribution is -0.910. The van der Waals surface area contributed by atoms with Crippen molar-refractivity contribution in [1.29, 1.82) is 0 Å². The molecule has 3 nitrogen and oxygen atoms in total. The van der Waals surface area contributed by atoms with E-state index in [1.54, 1.807) is 0 Å². The normalized spacial score (nSPS) is 15.1. The molecular formula is C23H45NO2P+. The molecule has 27 heavy (non-hydrogen) atoms. The molecule has 0 saturated carbocycles. The maximum Gasteiger partial charge on any atom is 0.376 e. The molecule has 2 unspecified atom stereocenters. The summed E-state index contributed by atoms with van der Waals surface area (Å²) in [5, 5.41) is -0.603. The van der Waals surface area contributed by atoms with E-state index in [2.05, 4.69) is 18.7 Å². The number of hydrogen-bond donors (Lipinski definition) is 0. The summed E-state index contributed by atoms with van der Waals surface area (Å²) in [6.45, 7) is 5.75. The van der Waals surface area contributed by atoms with Crippen LogP contribution in [0.2, 0.25) is 0 Å². The first-order valence-electron chi connectivity index (χ1n) is 11.0. The second-order valence-electron chi connectivity index (χ2n) is 8.66. The molecular weight excluding hydrogens is 353 g/mol. The first-order valence-corrected chi connectivity index (χ1v) is 12.2. The Morgan fingerprint density at radius 2 is 1.33 bits per heavy atom. The summed E-state index contributed by atoms with van der Waals surface area (Å²) < 4.78 is 12.4. The molecule has 0 spiro atoms. The molecule has 158 valence electrons. The fourth-order valence-corrected chi connectivity index (χ4v) is 4.89. The van der Waals surface area contributed by atoms with Gasteiger partial charge in [0.1, 0.15) is 0 Å². The minimum atomic E-state index is -2.42. The Morgan fingerprint density at radius 3 is 1.78 bits per heavy atom. The van der Waals surface area contributed by atoms with Crippen molar-refractivity contribution in [2.75, 3.05) is 21.1 Å². The molecule has 0 aliphatic carbocycles. The molecule has 0 heterocycles. The van der Waals surface area contributed by atoms with Crippen molar-refractivity contribution in [3.05, 3.63) is 24.8 Å². The van der Waals surface area contributed by atoms with Crippen LogP contribution in [0.3, 0.4) is 0 Å². The first kappa shape index (κ1) is 26.5. The fourth-order valence-electron chi connectivity index (χ4n) is 3.80. The lowest BCUT2D eigenvalue weighted by Gasteiger charge is -2.39. The lowest BCUT2D eigenvalue weighted by atomic mass is 10.0. The van der Waals surface area contributed by atoms with Gasteiger partial charge in [0.2, 0.25) is 0 Å². The molecule has 0 rings (SSSR count). The predicted molar refractivity (Wildman–Crippen MR) is 118 cm³/mol. The van der Waals surface area contributed by atoms with Crippen molar-refractivity contribution in [2.45, 2.75) is 102 Å². The van der Waals surface area contributed by atoms with Gasteiger partial charge in [-0.15, -0.1) is 6.58 Å². The lowest BCUT2D eigenvalue weighted by Crippen LogP contribution is -2.55. The second-order valence-corrected chi connectivity index (χ2v) is 10.0. The van der Waals surface area contributed by atoms with Crippen molar-refractivity contribution in [3.63, 3.8) is 0 Å². The number of quaternary nitrogens is 1. The van der Waals surface area contributed by atoms with Crippen molar-refractivity contribution < 1.29 is 13.9 Å². The molecule has 0 fully saturated rings. The smallest absolute Gasteiger partial charge is 0.376 e. The van der Waals surface area contributed by atoms with Crippen LogP contribution in [0.5, 0.6) is 0 Å². The van der Waals surface area contributed by atoms with E-state index in [-0.39, 0.29) is 0 Å².